The zero-order chi connectivity index (χ0) is 14.0. The molecule has 2 rings (SSSR count). The molecule has 1 N–H and O–H groups in total. The standard InChI is InChI=1S/C14H13ClFNO2/c1-17-14(19)10-4-2-8(6-12(10)16)11-7-9(15)3-5-13(11)18/h2-4,6,11H,5,7H2,1H3,(H,17,19). The van der Waals surface area contributed by atoms with Crippen LogP contribution >= 0.6 is 11.6 Å². The highest BCUT2D eigenvalue weighted by Crippen LogP contribution is 2.32. The van der Waals surface area contributed by atoms with Crippen LogP contribution in [0.1, 0.15) is 34.7 Å². The Morgan fingerprint density at radius 1 is 1.47 bits per heavy atom. The van der Waals surface area contributed by atoms with E-state index in [2.05, 4.69) is 5.32 Å². The maximum Gasteiger partial charge on any atom is 0.253 e. The predicted molar refractivity (Wildman–Crippen MR) is 70.7 cm³/mol. The van der Waals surface area contributed by atoms with E-state index in [-0.39, 0.29) is 17.8 Å². The Morgan fingerprint density at radius 3 is 2.84 bits per heavy atom. The number of ketones is 1. The van der Waals surface area contributed by atoms with Crippen molar-refractivity contribution in [1.29, 1.82) is 0 Å². The normalized spacial score (nSPS) is 19.0. The summed E-state index contributed by atoms with van der Waals surface area (Å²) in [4.78, 5) is 23.2. The number of amides is 1. The van der Waals surface area contributed by atoms with Gasteiger partial charge in [-0.25, -0.2) is 4.39 Å². The Hall–Kier alpha value is -1.68. The van der Waals surface area contributed by atoms with Gasteiger partial charge in [-0.15, -0.1) is 0 Å². The molecule has 0 fully saturated rings. The van der Waals surface area contributed by atoms with E-state index in [0.29, 0.717) is 17.0 Å². The van der Waals surface area contributed by atoms with Crippen LogP contribution in [-0.4, -0.2) is 18.7 Å². The van der Waals surface area contributed by atoms with Crippen molar-refractivity contribution >= 4 is 23.3 Å². The molecule has 3 nitrogen and oxygen atoms in total. The molecule has 1 amide bonds. The van der Waals surface area contributed by atoms with Gasteiger partial charge in [0.25, 0.3) is 5.91 Å². The van der Waals surface area contributed by atoms with Crippen molar-refractivity contribution in [3.8, 4) is 0 Å². The fourth-order valence-electron chi connectivity index (χ4n) is 2.12. The van der Waals surface area contributed by atoms with Crippen LogP contribution in [0.3, 0.4) is 0 Å². The van der Waals surface area contributed by atoms with Gasteiger partial charge in [-0.05, 0) is 24.1 Å². The number of halogens is 2. The summed E-state index contributed by atoms with van der Waals surface area (Å²) in [5.41, 5.74) is 0.526. The number of rotatable bonds is 2. The highest BCUT2D eigenvalue weighted by molar-refractivity contribution is 6.30. The largest absolute Gasteiger partial charge is 0.355 e. The van der Waals surface area contributed by atoms with Gasteiger partial charge in [-0.3, -0.25) is 9.59 Å². The smallest absolute Gasteiger partial charge is 0.253 e. The summed E-state index contributed by atoms with van der Waals surface area (Å²) in [6, 6.07) is 4.23. The fraction of sp³-hybridized carbons (Fsp3) is 0.286. The second kappa shape index (κ2) is 5.53. The summed E-state index contributed by atoms with van der Waals surface area (Å²) in [5, 5.41) is 2.97. The van der Waals surface area contributed by atoms with Crippen molar-refractivity contribution in [2.75, 3.05) is 7.05 Å². The van der Waals surface area contributed by atoms with Crippen molar-refractivity contribution in [3.05, 3.63) is 46.3 Å². The molecule has 100 valence electrons. The molecule has 1 aliphatic carbocycles. The third-order valence-electron chi connectivity index (χ3n) is 3.18. The third-order valence-corrected chi connectivity index (χ3v) is 3.49. The summed E-state index contributed by atoms with van der Waals surface area (Å²) in [6.07, 6.45) is 2.33. The topological polar surface area (TPSA) is 46.2 Å². The molecule has 5 heteroatoms. The predicted octanol–water partition coefficient (Wildman–Crippen LogP) is 2.75. The first-order chi connectivity index (χ1) is 9.02. The van der Waals surface area contributed by atoms with Crippen LogP contribution in [0.25, 0.3) is 0 Å². The van der Waals surface area contributed by atoms with Gasteiger partial charge in [-0.2, -0.15) is 0 Å². The van der Waals surface area contributed by atoms with Gasteiger partial charge < -0.3 is 5.32 Å². The van der Waals surface area contributed by atoms with Crippen LogP contribution in [0.4, 0.5) is 4.39 Å². The van der Waals surface area contributed by atoms with Crippen LogP contribution in [0.2, 0.25) is 0 Å². The number of nitrogens with one attached hydrogen (secondary N) is 1. The third kappa shape index (κ3) is 2.84. The summed E-state index contributed by atoms with van der Waals surface area (Å²) < 4.78 is 13.8. The van der Waals surface area contributed by atoms with Gasteiger partial charge in [0, 0.05) is 24.4 Å². The molecule has 1 aromatic rings. The molecule has 1 atom stereocenters. The highest BCUT2D eigenvalue weighted by Gasteiger charge is 2.25. The number of allylic oxidation sites excluding steroid dienone is 2. The lowest BCUT2D eigenvalue weighted by Gasteiger charge is -2.19. The molecule has 0 heterocycles. The van der Waals surface area contributed by atoms with Crippen molar-refractivity contribution in [1.82, 2.24) is 5.32 Å². The van der Waals surface area contributed by atoms with E-state index in [0.717, 1.165) is 0 Å². The van der Waals surface area contributed by atoms with Gasteiger partial charge >= 0.3 is 0 Å². The van der Waals surface area contributed by atoms with Gasteiger partial charge in [0.2, 0.25) is 0 Å². The molecule has 0 bridgehead atoms. The quantitative estimate of drug-likeness (QED) is 0.906. The molecule has 1 aliphatic rings. The van der Waals surface area contributed by atoms with Crippen molar-refractivity contribution in [3.63, 3.8) is 0 Å². The van der Waals surface area contributed by atoms with E-state index in [9.17, 15) is 14.0 Å². The zero-order valence-corrected chi connectivity index (χ0v) is 11.1. The van der Waals surface area contributed by atoms with Crippen LogP contribution in [0.15, 0.2) is 29.3 Å². The lowest BCUT2D eigenvalue weighted by Crippen LogP contribution is -2.20. The first kappa shape index (κ1) is 13.7. The second-order valence-electron chi connectivity index (χ2n) is 4.40. The van der Waals surface area contributed by atoms with E-state index in [1.807, 2.05) is 0 Å². The van der Waals surface area contributed by atoms with E-state index >= 15 is 0 Å². The summed E-state index contributed by atoms with van der Waals surface area (Å²) in [7, 11) is 1.44. The number of hydrogen-bond acceptors (Lipinski definition) is 2. The molecule has 0 radical (unpaired) electrons. The monoisotopic (exact) mass is 281 g/mol. The van der Waals surface area contributed by atoms with Crippen molar-refractivity contribution in [2.24, 2.45) is 0 Å². The van der Waals surface area contributed by atoms with E-state index in [1.54, 1.807) is 12.1 Å². The van der Waals surface area contributed by atoms with Crippen LogP contribution in [-0.2, 0) is 4.79 Å². The van der Waals surface area contributed by atoms with Crippen LogP contribution in [0, 0.1) is 5.82 Å². The molecule has 0 aromatic heterocycles. The second-order valence-corrected chi connectivity index (χ2v) is 4.88. The van der Waals surface area contributed by atoms with E-state index < -0.39 is 17.6 Å². The average molecular weight is 282 g/mol. The van der Waals surface area contributed by atoms with Crippen molar-refractivity contribution in [2.45, 2.75) is 18.8 Å². The summed E-state index contributed by atoms with van der Waals surface area (Å²) in [6.45, 7) is 0. The number of hydrogen-bond donors (Lipinski definition) is 1. The molecule has 0 spiro atoms. The van der Waals surface area contributed by atoms with E-state index in [1.165, 1.54) is 19.2 Å². The molecule has 0 aliphatic heterocycles. The fourth-order valence-corrected chi connectivity index (χ4v) is 2.35. The molecule has 1 aromatic carbocycles. The van der Waals surface area contributed by atoms with Crippen molar-refractivity contribution < 1.29 is 14.0 Å². The first-order valence-corrected chi connectivity index (χ1v) is 6.29. The summed E-state index contributed by atoms with van der Waals surface area (Å²) in [5.74, 6) is -1.53. The molecule has 19 heavy (non-hydrogen) atoms. The van der Waals surface area contributed by atoms with Gasteiger partial charge in [0.1, 0.15) is 11.6 Å². The summed E-state index contributed by atoms with van der Waals surface area (Å²) >= 11 is 5.92. The Kier molecular flexibility index (Phi) is 4.00. The molecule has 0 saturated heterocycles. The number of benzene rings is 1. The average Bonchev–Trinajstić information content (AvgIpc) is 2.40. The van der Waals surface area contributed by atoms with Gasteiger partial charge in [-0.1, -0.05) is 23.7 Å². The Morgan fingerprint density at radius 2 is 2.21 bits per heavy atom. The minimum Gasteiger partial charge on any atom is -0.355 e. The highest BCUT2D eigenvalue weighted by atomic mass is 35.5. The van der Waals surface area contributed by atoms with Gasteiger partial charge in [0.05, 0.1) is 5.56 Å². The Bertz CT molecular complexity index is 569. The minimum absolute atomic E-state index is 0.0106. The minimum atomic E-state index is -0.629. The van der Waals surface area contributed by atoms with Crippen LogP contribution < -0.4 is 5.32 Å². The molecular formula is C14H13ClFNO2. The lowest BCUT2D eigenvalue weighted by atomic mass is 9.86. The van der Waals surface area contributed by atoms with Gasteiger partial charge in [0.15, 0.2) is 0 Å². The zero-order valence-electron chi connectivity index (χ0n) is 10.4. The number of carbonyl (C=O) groups excluding carboxylic acids is 2. The maximum atomic E-state index is 13.8. The van der Waals surface area contributed by atoms with E-state index in [4.69, 9.17) is 11.6 Å². The number of carbonyl (C=O) groups is 2. The molecule has 0 saturated carbocycles. The SMILES string of the molecule is CNC(=O)c1ccc(C2CC(Cl)=CCC2=O)cc1F. The lowest BCUT2D eigenvalue weighted by molar-refractivity contribution is -0.119. The Labute approximate surface area is 115 Å². The first-order valence-electron chi connectivity index (χ1n) is 5.91. The molecule has 1 unspecified atom stereocenters. The molecular weight excluding hydrogens is 269 g/mol. The number of Topliss-reactive ketones (excluding diaryl/α,β-unsaturated/α-hetero) is 1. The Balaban J connectivity index is 2.32. The van der Waals surface area contributed by atoms with Crippen LogP contribution in [0.5, 0.6) is 0 Å². The maximum absolute atomic E-state index is 13.8.